The lowest BCUT2D eigenvalue weighted by Crippen LogP contribution is -2.26. The summed E-state index contributed by atoms with van der Waals surface area (Å²) >= 11 is 3.49. The maximum Gasteiger partial charge on any atom is 0.135 e. The SMILES string of the molecule is Cc1ccc2c(c1)CCCN2c1ncc(CBr)cc1C. The van der Waals surface area contributed by atoms with Crippen LogP contribution in [0.4, 0.5) is 11.5 Å². The van der Waals surface area contributed by atoms with Crippen molar-refractivity contribution in [2.24, 2.45) is 0 Å². The average Bonchev–Trinajstić information content (AvgIpc) is 2.46. The maximum atomic E-state index is 4.69. The van der Waals surface area contributed by atoms with E-state index in [0.29, 0.717) is 0 Å². The van der Waals surface area contributed by atoms with Crippen LogP contribution < -0.4 is 4.90 Å². The Balaban J connectivity index is 2.04. The van der Waals surface area contributed by atoms with E-state index in [-0.39, 0.29) is 0 Å². The van der Waals surface area contributed by atoms with Gasteiger partial charge >= 0.3 is 0 Å². The predicted octanol–water partition coefficient (Wildman–Crippen LogP) is 4.68. The first-order valence-corrected chi connectivity index (χ1v) is 8.20. The molecule has 1 aliphatic heterocycles. The van der Waals surface area contributed by atoms with Gasteiger partial charge in [0.25, 0.3) is 0 Å². The molecule has 0 aliphatic carbocycles. The maximum absolute atomic E-state index is 4.69. The third-order valence-electron chi connectivity index (χ3n) is 3.87. The van der Waals surface area contributed by atoms with E-state index < -0.39 is 0 Å². The van der Waals surface area contributed by atoms with E-state index in [4.69, 9.17) is 0 Å². The molecule has 20 heavy (non-hydrogen) atoms. The third kappa shape index (κ3) is 2.47. The quantitative estimate of drug-likeness (QED) is 0.743. The highest BCUT2D eigenvalue weighted by Gasteiger charge is 2.20. The number of fused-ring (bicyclic) bond motifs is 1. The molecule has 0 amide bonds. The lowest BCUT2D eigenvalue weighted by atomic mass is 9.99. The van der Waals surface area contributed by atoms with E-state index in [9.17, 15) is 0 Å². The predicted molar refractivity (Wildman–Crippen MR) is 88.1 cm³/mol. The van der Waals surface area contributed by atoms with Gasteiger partial charge in [-0.2, -0.15) is 0 Å². The van der Waals surface area contributed by atoms with Gasteiger partial charge in [0.05, 0.1) is 0 Å². The molecule has 0 bridgehead atoms. The topological polar surface area (TPSA) is 16.1 Å². The molecule has 0 atom stereocenters. The molecule has 1 aromatic carbocycles. The summed E-state index contributed by atoms with van der Waals surface area (Å²) in [5, 5.41) is 0.858. The Morgan fingerprint density at radius 1 is 1.25 bits per heavy atom. The molecule has 3 rings (SSSR count). The Labute approximate surface area is 129 Å². The largest absolute Gasteiger partial charge is 0.326 e. The molecule has 0 saturated heterocycles. The number of alkyl halides is 1. The van der Waals surface area contributed by atoms with Gasteiger partial charge in [-0.1, -0.05) is 39.7 Å². The molecule has 2 aromatic rings. The lowest BCUT2D eigenvalue weighted by Gasteiger charge is -2.31. The number of aryl methyl sites for hydroxylation is 3. The summed E-state index contributed by atoms with van der Waals surface area (Å²) in [4.78, 5) is 7.06. The molecule has 0 saturated carbocycles. The van der Waals surface area contributed by atoms with E-state index in [1.54, 1.807) is 0 Å². The molecule has 0 unspecified atom stereocenters. The minimum absolute atomic E-state index is 0.858. The van der Waals surface area contributed by atoms with Crippen LogP contribution in [0.1, 0.15) is 28.7 Å². The first-order valence-electron chi connectivity index (χ1n) is 7.07. The standard InChI is InChI=1S/C17H19BrN2/c1-12-5-6-16-15(8-12)4-3-7-20(16)17-13(2)9-14(10-18)11-19-17/h5-6,8-9,11H,3-4,7,10H2,1-2H3. The van der Waals surface area contributed by atoms with Crippen LogP contribution in [0.2, 0.25) is 0 Å². The second-order valence-corrected chi connectivity index (χ2v) is 6.07. The second-order valence-electron chi connectivity index (χ2n) is 5.51. The summed E-state index contributed by atoms with van der Waals surface area (Å²) in [7, 11) is 0. The fraction of sp³-hybridized carbons (Fsp3) is 0.353. The van der Waals surface area contributed by atoms with Gasteiger partial charge in [-0.3, -0.25) is 0 Å². The molecule has 0 radical (unpaired) electrons. The summed E-state index contributed by atoms with van der Waals surface area (Å²) in [6.45, 7) is 5.36. The molecule has 2 heterocycles. The minimum atomic E-state index is 0.858. The fourth-order valence-corrected chi connectivity index (χ4v) is 3.23. The average molecular weight is 331 g/mol. The van der Waals surface area contributed by atoms with Crippen molar-refractivity contribution in [3.63, 3.8) is 0 Å². The molecule has 2 nitrogen and oxygen atoms in total. The van der Waals surface area contributed by atoms with E-state index in [0.717, 1.165) is 17.7 Å². The van der Waals surface area contributed by atoms with Crippen molar-refractivity contribution >= 4 is 27.4 Å². The zero-order valence-electron chi connectivity index (χ0n) is 12.0. The Bertz CT molecular complexity index is 637. The van der Waals surface area contributed by atoms with Crippen molar-refractivity contribution in [2.45, 2.75) is 32.0 Å². The van der Waals surface area contributed by atoms with Crippen LogP contribution in [0.3, 0.4) is 0 Å². The Morgan fingerprint density at radius 2 is 2.10 bits per heavy atom. The van der Waals surface area contributed by atoms with E-state index in [1.807, 2.05) is 6.20 Å². The van der Waals surface area contributed by atoms with E-state index in [2.05, 4.69) is 63.9 Å². The Kier molecular flexibility index (Phi) is 3.79. The molecule has 1 aromatic heterocycles. The van der Waals surface area contributed by atoms with E-state index in [1.165, 1.54) is 40.8 Å². The van der Waals surface area contributed by atoms with Crippen LogP contribution in [-0.2, 0) is 11.8 Å². The van der Waals surface area contributed by atoms with Crippen molar-refractivity contribution in [1.82, 2.24) is 4.98 Å². The summed E-state index contributed by atoms with van der Waals surface area (Å²) in [5.74, 6) is 1.10. The molecular weight excluding hydrogens is 312 g/mol. The monoisotopic (exact) mass is 330 g/mol. The first-order chi connectivity index (χ1) is 9.69. The molecule has 1 aliphatic rings. The number of aromatic nitrogens is 1. The van der Waals surface area contributed by atoms with Crippen LogP contribution in [0, 0.1) is 13.8 Å². The summed E-state index contributed by atoms with van der Waals surface area (Å²) in [6, 6.07) is 8.96. The fourth-order valence-electron chi connectivity index (χ4n) is 2.93. The van der Waals surface area contributed by atoms with Gasteiger partial charge in [0, 0.05) is 23.8 Å². The molecular formula is C17H19BrN2. The number of rotatable bonds is 2. The highest BCUT2D eigenvalue weighted by molar-refractivity contribution is 9.08. The van der Waals surface area contributed by atoms with Gasteiger partial charge < -0.3 is 4.90 Å². The van der Waals surface area contributed by atoms with E-state index >= 15 is 0 Å². The zero-order valence-corrected chi connectivity index (χ0v) is 13.6. The summed E-state index contributed by atoms with van der Waals surface area (Å²) < 4.78 is 0. The first kappa shape index (κ1) is 13.6. The summed E-state index contributed by atoms with van der Waals surface area (Å²) in [5.41, 5.74) is 6.58. The van der Waals surface area contributed by atoms with Crippen molar-refractivity contribution in [3.8, 4) is 0 Å². The number of hydrogen-bond acceptors (Lipinski definition) is 2. The molecule has 0 spiro atoms. The highest BCUT2D eigenvalue weighted by atomic mass is 79.9. The van der Waals surface area contributed by atoms with Crippen LogP contribution in [-0.4, -0.2) is 11.5 Å². The van der Waals surface area contributed by atoms with Crippen LogP contribution in [0.5, 0.6) is 0 Å². The minimum Gasteiger partial charge on any atom is -0.326 e. The number of halogens is 1. The van der Waals surface area contributed by atoms with Crippen molar-refractivity contribution < 1.29 is 0 Å². The number of nitrogens with zero attached hydrogens (tertiary/aromatic N) is 2. The van der Waals surface area contributed by atoms with Crippen LogP contribution >= 0.6 is 15.9 Å². The van der Waals surface area contributed by atoms with Crippen molar-refractivity contribution in [1.29, 1.82) is 0 Å². The molecule has 3 heteroatoms. The Morgan fingerprint density at radius 3 is 2.85 bits per heavy atom. The van der Waals surface area contributed by atoms with Crippen molar-refractivity contribution in [3.05, 3.63) is 52.7 Å². The highest BCUT2D eigenvalue weighted by Crippen LogP contribution is 2.34. The van der Waals surface area contributed by atoms with Gasteiger partial charge in [-0.25, -0.2) is 4.98 Å². The van der Waals surface area contributed by atoms with Gasteiger partial charge in [-0.15, -0.1) is 0 Å². The summed E-state index contributed by atoms with van der Waals surface area (Å²) in [6.07, 6.45) is 4.34. The number of pyridine rings is 1. The van der Waals surface area contributed by atoms with Gasteiger partial charge in [-0.05, 0) is 49.4 Å². The lowest BCUT2D eigenvalue weighted by molar-refractivity contribution is 0.756. The number of anilines is 2. The Hall–Kier alpha value is -1.35. The number of hydrogen-bond donors (Lipinski definition) is 0. The molecule has 0 N–H and O–H groups in total. The normalized spacial score (nSPS) is 14.2. The smallest absolute Gasteiger partial charge is 0.135 e. The zero-order chi connectivity index (χ0) is 14.1. The van der Waals surface area contributed by atoms with Gasteiger partial charge in [0.2, 0.25) is 0 Å². The molecule has 0 fully saturated rings. The third-order valence-corrected chi connectivity index (χ3v) is 4.52. The second kappa shape index (κ2) is 5.57. The van der Waals surface area contributed by atoms with Crippen LogP contribution in [0.25, 0.3) is 0 Å². The molecule has 104 valence electrons. The van der Waals surface area contributed by atoms with Crippen LogP contribution in [0.15, 0.2) is 30.5 Å². The van der Waals surface area contributed by atoms with Crippen molar-refractivity contribution in [2.75, 3.05) is 11.4 Å². The van der Waals surface area contributed by atoms with Gasteiger partial charge in [0.15, 0.2) is 0 Å². The number of benzene rings is 1. The van der Waals surface area contributed by atoms with Gasteiger partial charge in [0.1, 0.15) is 5.82 Å².